The predicted octanol–water partition coefficient (Wildman–Crippen LogP) is 1.95. The van der Waals surface area contributed by atoms with Gasteiger partial charge < -0.3 is 10.5 Å². The highest BCUT2D eigenvalue weighted by Gasteiger charge is 1.92. The molecule has 0 unspecified atom stereocenters. The molecule has 0 amide bonds. The number of nitrogen functional groups attached to an aromatic ring is 1. The fraction of sp³-hybridized carbons (Fsp3) is 0.300. The first kappa shape index (κ1) is 9.40. The third kappa shape index (κ3) is 3.48. The molecule has 1 aromatic rings. The predicted molar refractivity (Wildman–Crippen MR) is 51.2 cm³/mol. The van der Waals surface area contributed by atoms with E-state index in [1.54, 1.807) is 12.1 Å². The Kier molecular flexibility index (Phi) is 3.65. The molecule has 0 saturated carbocycles. The Bertz CT molecular complexity index is 287. The van der Waals surface area contributed by atoms with E-state index in [-0.39, 0.29) is 0 Å². The van der Waals surface area contributed by atoms with Crippen LogP contribution in [0.5, 0.6) is 5.75 Å². The van der Waals surface area contributed by atoms with Crippen molar-refractivity contribution in [2.75, 3.05) is 12.3 Å². The lowest BCUT2D eigenvalue weighted by Crippen LogP contribution is -1.96. The number of nitrogens with two attached hydrogens (primary N) is 1. The zero-order chi connectivity index (χ0) is 9.52. The molecule has 0 fully saturated rings. The first-order chi connectivity index (χ1) is 6.33. The Hall–Kier alpha value is -1.69. The van der Waals surface area contributed by atoms with Gasteiger partial charge in [-0.05, 0) is 30.7 Å². The van der Waals surface area contributed by atoms with E-state index in [0.717, 1.165) is 17.9 Å². The van der Waals surface area contributed by atoms with Crippen LogP contribution in [0.3, 0.4) is 0 Å². The molecule has 0 atom stereocenters. The van der Waals surface area contributed by atoms with Gasteiger partial charge in [-0.3, -0.25) is 0 Å². The average Bonchev–Trinajstić information content (AvgIpc) is 2.15. The molecule has 0 aromatic heterocycles. The van der Waals surface area contributed by atoms with E-state index in [2.05, 4.69) is 6.07 Å². The Morgan fingerprint density at radius 2 is 2.00 bits per heavy atom. The summed E-state index contributed by atoms with van der Waals surface area (Å²) in [5.41, 5.74) is 6.23. The summed E-state index contributed by atoms with van der Waals surface area (Å²) in [6.45, 7) is 0.581. The molecule has 3 nitrogen and oxygen atoms in total. The van der Waals surface area contributed by atoms with Crippen LogP contribution in [0.1, 0.15) is 12.8 Å². The minimum atomic E-state index is 0.537. The van der Waals surface area contributed by atoms with Crippen molar-refractivity contribution in [1.82, 2.24) is 0 Å². The highest BCUT2D eigenvalue weighted by molar-refractivity contribution is 5.41. The fourth-order valence-corrected chi connectivity index (χ4v) is 0.905. The van der Waals surface area contributed by atoms with Crippen molar-refractivity contribution in [1.29, 1.82) is 5.26 Å². The summed E-state index contributed by atoms with van der Waals surface area (Å²) in [6, 6.07) is 9.29. The van der Waals surface area contributed by atoms with Crippen LogP contribution < -0.4 is 10.5 Å². The van der Waals surface area contributed by atoms with E-state index in [1.165, 1.54) is 0 Å². The molecule has 0 aliphatic heterocycles. The molecule has 68 valence electrons. The number of nitriles is 1. The van der Waals surface area contributed by atoms with Crippen molar-refractivity contribution in [3.05, 3.63) is 24.3 Å². The van der Waals surface area contributed by atoms with Crippen molar-refractivity contribution < 1.29 is 4.74 Å². The van der Waals surface area contributed by atoms with E-state index in [9.17, 15) is 0 Å². The second-order valence-corrected chi connectivity index (χ2v) is 2.68. The summed E-state index contributed by atoms with van der Waals surface area (Å²) in [4.78, 5) is 0. The van der Waals surface area contributed by atoms with Gasteiger partial charge in [-0.15, -0.1) is 0 Å². The first-order valence-corrected chi connectivity index (χ1v) is 4.18. The number of ether oxygens (including phenoxy) is 1. The number of unbranched alkanes of at least 4 members (excludes halogenated alkanes) is 1. The number of benzene rings is 1. The van der Waals surface area contributed by atoms with Gasteiger partial charge in [-0.1, -0.05) is 0 Å². The molecule has 13 heavy (non-hydrogen) atoms. The molecule has 0 saturated heterocycles. The standard InChI is InChI=1S/C10H12N2O/c11-7-1-2-8-13-10-5-3-9(12)4-6-10/h3-6H,1-2,8,12H2. The molecular formula is C10H12N2O. The zero-order valence-electron chi connectivity index (χ0n) is 7.36. The summed E-state index contributed by atoms with van der Waals surface area (Å²) in [6.07, 6.45) is 1.30. The van der Waals surface area contributed by atoms with Gasteiger partial charge in [0, 0.05) is 12.1 Å². The summed E-state index contributed by atoms with van der Waals surface area (Å²) < 4.78 is 5.36. The summed E-state index contributed by atoms with van der Waals surface area (Å²) >= 11 is 0. The number of nitrogens with zero attached hydrogens (tertiary/aromatic N) is 1. The Morgan fingerprint density at radius 3 is 2.62 bits per heavy atom. The Labute approximate surface area is 77.7 Å². The molecule has 0 bridgehead atoms. The van der Waals surface area contributed by atoms with Gasteiger partial charge in [0.25, 0.3) is 0 Å². The largest absolute Gasteiger partial charge is 0.494 e. The second kappa shape index (κ2) is 5.04. The molecule has 1 rings (SSSR count). The molecule has 0 heterocycles. The fourth-order valence-electron chi connectivity index (χ4n) is 0.905. The van der Waals surface area contributed by atoms with Crippen LogP contribution in [0.2, 0.25) is 0 Å². The Morgan fingerprint density at radius 1 is 1.31 bits per heavy atom. The van der Waals surface area contributed by atoms with E-state index >= 15 is 0 Å². The summed E-state index contributed by atoms with van der Waals surface area (Å²) in [7, 11) is 0. The minimum Gasteiger partial charge on any atom is -0.494 e. The van der Waals surface area contributed by atoms with E-state index in [4.69, 9.17) is 15.7 Å². The third-order valence-corrected chi connectivity index (χ3v) is 1.58. The highest BCUT2D eigenvalue weighted by atomic mass is 16.5. The van der Waals surface area contributed by atoms with Crippen LogP contribution in [0.4, 0.5) is 5.69 Å². The molecule has 1 aromatic carbocycles. The normalized spacial score (nSPS) is 9.15. The lowest BCUT2D eigenvalue weighted by atomic mass is 10.3. The van der Waals surface area contributed by atoms with Crippen LogP contribution >= 0.6 is 0 Å². The topological polar surface area (TPSA) is 59.0 Å². The van der Waals surface area contributed by atoms with Gasteiger partial charge in [0.1, 0.15) is 5.75 Å². The number of hydrogen-bond acceptors (Lipinski definition) is 3. The molecule has 0 aliphatic rings. The molecule has 0 radical (unpaired) electrons. The van der Waals surface area contributed by atoms with Gasteiger partial charge in [0.15, 0.2) is 0 Å². The molecule has 0 aliphatic carbocycles. The van der Waals surface area contributed by atoms with E-state index in [1.807, 2.05) is 12.1 Å². The second-order valence-electron chi connectivity index (χ2n) is 2.68. The van der Waals surface area contributed by atoms with Crippen molar-refractivity contribution in [3.63, 3.8) is 0 Å². The first-order valence-electron chi connectivity index (χ1n) is 4.18. The zero-order valence-corrected chi connectivity index (χ0v) is 7.36. The highest BCUT2D eigenvalue weighted by Crippen LogP contribution is 2.13. The van der Waals surface area contributed by atoms with Crippen molar-refractivity contribution in [3.8, 4) is 11.8 Å². The van der Waals surface area contributed by atoms with Crippen molar-refractivity contribution >= 4 is 5.69 Å². The molecular weight excluding hydrogens is 164 g/mol. The van der Waals surface area contributed by atoms with Crippen LogP contribution in [-0.2, 0) is 0 Å². The van der Waals surface area contributed by atoms with Gasteiger partial charge in [0.05, 0.1) is 12.7 Å². The van der Waals surface area contributed by atoms with Crippen LogP contribution in [-0.4, -0.2) is 6.61 Å². The maximum atomic E-state index is 8.28. The van der Waals surface area contributed by atoms with E-state index < -0.39 is 0 Å². The molecule has 3 heteroatoms. The van der Waals surface area contributed by atoms with Crippen LogP contribution in [0.25, 0.3) is 0 Å². The number of rotatable bonds is 4. The Balaban J connectivity index is 2.30. The number of hydrogen-bond donors (Lipinski definition) is 1. The van der Waals surface area contributed by atoms with Gasteiger partial charge in [0.2, 0.25) is 0 Å². The van der Waals surface area contributed by atoms with Crippen LogP contribution in [0.15, 0.2) is 24.3 Å². The average molecular weight is 176 g/mol. The van der Waals surface area contributed by atoms with Crippen LogP contribution in [0, 0.1) is 11.3 Å². The monoisotopic (exact) mass is 176 g/mol. The third-order valence-electron chi connectivity index (χ3n) is 1.58. The summed E-state index contributed by atoms with van der Waals surface area (Å²) in [5, 5.41) is 8.28. The van der Waals surface area contributed by atoms with E-state index in [0.29, 0.717) is 13.0 Å². The van der Waals surface area contributed by atoms with Gasteiger partial charge in [-0.25, -0.2) is 0 Å². The van der Waals surface area contributed by atoms with Crippen molar-refractivity contribution in [2.45, 2.75) is 12.8 Å². The minimum absolute atomic E-state index is 0.537. The molecule has 0 spiro atoms. The summed E-state index contributed by atoms with van der Waals surface area (Å²) in [5.74, 6) is 0.798. The molecule has 2 N–H and O–H groups in total. The SMILES string of the molecule is N#CCCCOc1ccc(N)cc1. The lowest BCUT2D eigenvalue weighted by Gasteiger charge is -2.03. The number of anilines is 1. The lowest BCUT2D eigenvalue weighted by molar-refractivity contribution is 0.313. The van der Waals surface area contributed by atoms with Crippen molar-refractivity contribution in [2.24, 2.45) is 0 Å². The van der Waals surface area contributed by atoms with Gasteiger partial charge in [-0.2, -0.15) is 5.26 Å². The smallest absolute Gasteiger partial charge is 0.119 e. The van der Waals surface area contributed by atoms with Gasteiger partial charge >= 0.3 is 0 Å². The maximum Gasteiger partial charge on any atom is 0.119 e. The maximum absolute atomic E-state index is 8.28. The quantitative estimate of drug-likeness (QED) is 0.563.